The highest BCUT2D eigenvalue weighted by Crippen LogP contribution is 2.37. The van der Waals surface area contributed by atoms with Crippen LogP contribution in [-0.4, -0.2) is 25.6 Å². The number of nitrogens with one attached hydrogen (secondary N) is 1. The summed E-state index contributed by atoms with van der Waals surface area (Å²) < 4.78 is 50.5. The maximum absolute atomic E-state index is 13.4. The van der Waals surface area contributed by atoms with Crippen LogP contribution < -0.4 is 10.1 Å². The summed E-state index contributed by atoms with van der Waals surface area (Å²) in [4.78, 5) is 0. The van der Waals surface area contributed by atoms with E-state index in [1.54, 1.807) is 18.2 Å². The quantitative estimate of drug-likeness (QED) is 0.463. The molecule has 0 bridgehead atoms. The minimum absolute atomic E-state index is 0.192. The molecule has 0 radical (unpaired) electrons. The van der Waals surface area contributed by atoms with E-state index in [-0.39, 0.29) is 13.0 Å². The van der Waals surface area contributed by atoms with Gasteiger partial charge in [-0.25, -0.2) is 0 Å². The summed E-state index contributed by atoms with van der Waals surface area (Å²) >= 11 is 0. The number of ether oxygens (including phenoxy) is 2. The molecule has 1 unspecified atom stereocenters. The number of alkyl halides is 3. The SMILES string of the molecule is COc1ccc(CC(O)OC)cc1-c1ccc(C(F)(F)F)cc1CNc1ccccc1. The first-order chi connectivity index (χ1) is 14.8. The van der Waals surface area contributed by atoms with E-state index in [9.17, 15) is 18.3 Å². The van der Waals surface area contributed by atoms with E-state index in [0.29, 0.717) is 22.4 Å². The van der Waals surface area contributed by atoms with Gasteiger partial charge in [0.15, 0.2) is 6.29 Å². The van der Waals surface area contributed by atoms with E-state index in [1.165, 1.54) is 20.3 Å². The Labute approximate surface area is 179 Å². The molecule has 0 fully saturated rings. The van der Waals surface area contributed by atoms with Crippen molar-refractivity contribution in [2.75, 3.05) is 19.5 Å². The van der Waals surface area contributed by atoms with Crippen LogP contribution in [0.5, 0.6) is 5.75 Å². The van der Waals surface area contributed by atoms with Gasteiger partial charge in [0.05, 0.1) is 12.7 Å². The van der Waals surface area contributed by atoms with E-state index in [2.05, 4.69) is 5.32 Å². The number of halogens is 3. The molecular weight excluding hydrogens is 407 g/mol. The highest BCUT2D eigenvalue weighted by molar-refractivity contribution is 5.75. The van der Waals surface area contributed by atoms with Crippen LogP contribution in [0.2, 0.25) is 0 Å². The van der Waals surface area contributed by atoms with Crippen LogP contribution in [0.4, 0.5) is 18.9 Å². The van der Waals surface area contributed by atoms with Gasteiger partial charge in [0.1, 0.15) is 5.75 Å². The van der Waals surface area contributed by atoms with E-state index in [4.69, 9.17) is 9.47 Å². The van der Waals surface area contributed by atoms with Crippen molar-refractivity contribution in [3.63, 3.8) is 0 Å². The number of hydrogen-bond acceptors (Lipinski definition) is 4. The minimum atomic E-state index is -4.45. The number of para-hydroxylation sites is 1. The molecule has 3 rings (SSSR count). The van der Waals surface area contributed by atoms with Gasteiger partial charge in [0.25, 0.3) is 0 Å². The molecule has 31 heavy (non-hydrogen) atoms. The van der Waals surface area contributed by atoms with Crippen LogP contribution in [0.15, 0.2) is 66.7 Å². The molecule has 0 saturated heterocycles. The normalized spacial score (nSPS) is 12.5. The van der Waals surface area contributed by atoms with Gasteiger partial charge in [-0.15, -0.1) is 0 Å². The molecule has 2 N–H and O–H groups in total. The van der Waals surface area contributed by atoms with Gasteiger partial charge in [-0.2, -0.15) is 13.2 Å². The molecule has 3 aromatic rings. The zero-order valence-electron chi connectivity index (χ0n) is 17.2. The smallest absolute Gasteiger partial charge is 0.416 e. The molecule has 164 valence electrons. The Hall–Kier alpha value is -3.03. The second kappa shape index (κ2) is 9.85. The van der Waals surface area contributed by atoms with Gasteiger partial charge >= 0.3 is 6.18 Å². The van der Waals surface area contributed by atoms with Crippen LogP contribution >= 0.6 is 0 Å². The topological polar surface area (TPSA) is 50.7 Å². The van der Waals surface area contributed by atoms with E-state index >= 15 is 0 Å². The van der Waals surface area contributed by atoms with Gasteiger partial charge in [-0.05, 0) is 53.1 Å². The highest BCUT2D eigenvalue weighted by Gasteiger charge is 2.31. The maximum Gasteiger partial charge on any atom is 0.416 e. The lowest BCUT2D eigenvalue weighted by Crippen LogP contribution is -2.12. The summed E-state index contributed by atoms with van der Waals surface area (Å²) in [5.74, 6) is 0.524. The van der Waals surface area contributed by atoms with E-state index < -0.39 is 18.0 Å². The molecule has 0 amide bonds. The number of aliphatic hydroxyl groups excluding tert-OH is 1. The zero-order chi connectivity index (χ0) is 22.4. The highest BCUT2D eigenvalue weighted by atomic mass is 19.4. The number of anilines is 1. The second-order valence-electron chi connectivity index (χ2n) is 7.02. The summed E-state index contributed by atoms with van der Waals surface area (Å²) in [5.41, 5.74) is 2.58. The lowest BCUT2D eigenvalue weighted by atomic mass is 9.94. The largest absolute Gasteiger partial charge is 0.496 e. The standard InChI is InChI=1S/C24H24F3NO3/c1-30-22-11-8-16(13-23(29)31-2)12-21(22)20-10-9-18(24(25,26)27)14-17(20)15-28-19-6-4-3-5-7-19/h3-12,14,23,28-29H,13,15H2,1-2H3. The van der Waals surface area contributed by atoms with Crippen molar-refractivity contribution in [3.8, 4) is 16.9 Å². The average molecular weight is 431 g/mol. The predicted molar refractivity (Wildman–Crippen MR) is 114 cm³/mol. The van der Waals surface area contributed by atoms with Gasteiger partial charge in [0.2, 0.25) is 0 Å². The number of benzene rings is 3. The molecule has 4 nitrogen and oxygen atoms in total. The average Bonchev–Trinajstić information content (AvgIpc) is 2.77. The minimum Gasteiger partial charge on any atom is -0.496 e. The summed E-state index contributed by atoms with van der Waals surface area (Å²) in [5, 5.41) is 13.0. The maximum atomic E-state index is 13.4. The zero-order valence-corrected chi connectivity index (χ0v) is 17.2. The Morgan fingerprint density at radius 1 is 0.935 bits per heavy atom. The molecule has 0 aromatic heterocycles. The number of aliphatic hydroxyl groups is 1. The molecule has 1 atom stereocenters. The first kappa shape index (κ1) is 22.7. The van der Waals surface area contributed by atoms with Crippen LogP contribution in [0.3, 0.4) is 0 Å². The lowest BCUT2D eigenvalue weighted by Gasteiger charge is -2.18. The van der Waals surface area contributed by atoms with Crippen LogP contribution in [0.25, 0.3) is 11.1 Å². The first-order valence-corrected chi connectivity index (χ1v) is 9.69. The van der Waals surface area contributed by atoms with Gasteiger partial charge in [-0.1, -0.05) is 30.3 Å². The first-order valence-electron chi connectivity index (χ1n) is 9.69. The molecule has 0 aliphatic heterocycles. The van der Waals surface area contributed by atoms with Crippen molar-refractivity contribution >= 4 is 5.69 Å². The fourth-order valence-electron chi connectivity index (χ4n) is 3.31. The molecule has 0 aliphatic carbocycles. The fraction of sp³-hybridized carbons (Fsp3) is 0.250. The molecule has 3 aromatic carbocycles. The molecule has 0 heterocycles. The number of methoxy groups -OCH3 is 2. The van der Waals surface area contributed by atoms with Gasteiger partial charge < -0.3 is 19.9 Å². The molecule has 0 spiro atoms. The van der Waals surface area contributed by atoms with Crippen molar-refractivity contribution in [1.82, 2.24) is 0 Å². The third-order valence-corrected chi connectivity index (χ3v) is 4.93. The Balaban J connectivity index is 2.05. The van der Waals surface area contributed by atoms with Crippen molar-refractivity contribution in [1.29, 1.82) is 0 Å². The van der Waals surface area contributed by atoms with Crippen LogP contribution in [0.1, 0.15) is 16.7 Å². The third-order valence-electron chi connectivity index (χ3n) is 4.93. The lowest BCUT2D eigenvalue weighted by molar-refractivity contribution is -0.137. The van der Waals surface area contributed by atoms with E-state index in [1.807, 2.05) is 30.3 Å². The second-order valence-corrected chi connectivity index (χ2v) is 7.02. The Kier molecular flexibility index (Phi) is 7.20. The molecular formula is C24H24F3NO3. The number of hydrogen-bond donors (Lipinski definition) is 2. The van der Waals surface area contributed by atoms with Crippen molar-refractivity contribution < 1.29 is 27.8 Å². The van der Waals surface area contributed by atoms with Crippen LogP contribution in [0, 0.1) is 0 Å². The van der Waals surface area contributed by atoms with Gasteiger partial charge in [0, 0.05) is 31.3 Å². The molecule has 7 heteroatoms. The van der Waals surface area contributed by atoms with Crippen molar-refractivity contribution in [2.24, 2.45) is 0 Å². The Bertz CT molecular complexity index is 1010. The Morgan fingerprint density at radius 3 is 2.32 bits per heavy atom. The number of rotatable bonds is 8. The molecule has 0 aliphatic rings. The fourth-order valence-corrected chi connectivity index (χ4v) is 3.31. The molecule has 0 saturated carbocycles. The van der Waals surface area contributed by atoms with E-state index in [0.717, 1.165) is 23.4 Å². The monoisotopic (exact) mass is 431 g/mol. The van der Waals surface area contributed by atoms with Crippen molar-refractivity contribution in [3.05, 3.63) is 83.4 Å². The summed E-state index contributed by atoms with van der Waals surface area (Å²) in [6, 6.07) is 18.3. The van der Waals surface area contributed by atoms with Crippen LogP contribution in [-0.2, 0) is 23.9 Å². The summed E-state index contributed by atoms with van der Waals surface area (Å²) in [6.45, 7) is 0.192. The van der Waals surface area contributed by atoms with Gasteiger partial charge in [-0.3, -0.25) is 0 Å². The predicted octanol–water partition coefficient (Wildman–Crippen LogP) is 5.50. The third kappa shape index (κ3) is 5.77. The Morgan fingerprint density at radius 2 is 1.68 bits per heavy atom. The van der Waals surface area contributed by atoms with Crippen molar-refractivity contribution in [2.45, 2.75) is 25.4 Å². The summed E-state index contributed by atoms with van der Waals surface area (Å²) in [6.07, 6.45) is -5.19. The summed E-state index contributed by atoms with van der Waals surface area (Å²) in [7, 11) is 2.91.